The van der Waals surface area contributed by atoms with Crippen LogP contribution < -0.4 is 26.0 Å². The van der Waals surface area contributed by atoms with Crippen molar-refractivity contribution in [3.05, 3.63) is 36.0 Å². The standard InChI is InChI=1S/C16H17F3N6O4/c1-9-8-12(20-6-7-21-15(27)28)24-13(22-9)25-14(26)23-10-2-4-11(5-3-10)29-16(17,18)19/h2-5,8,21H,6-7H2,1H3,(H,27,28)(H3,20,22,23,24,25,26). The van der Waals surface area contributed by atoms with Crippen molar-refractivity contribution in [3.8, 4) is 5.75 Å². The molecular weight excluding hydrogens is 397 g/mol. The molecule has 13 heteroatoms. The summed E-state index contributed by atoms with van der Waals surface area (Å²) >= 11 is 0. The maximum atomic E-state index is 12.1. The summed E-state index contributed by atoms with van der Waals surface area (Å²) in [6.45, 7) is 2.08. The number of halogens is 3. The second-order valence-corrected chi connectivity index (χ2v) is 5.53. The van der Waals surface area contributed by atoms with Crippen molar-refractivity contribution in [1.82, 2.24) is 15.3 Å². The van der Waals surface area contributed by atoms with Gasteiger partial charge in [-0.25, -0.2) is 14.6 Å². The van der Waals surface area contributed by atoms with Gasteiger partial charge in [0.1, 0.15) is 11.6 Å². The van der Waals surface area contributed by atoms with Crippen molar-refractivity contribution in [2.24, 2.45) is 0 Å². The Morgan fingerprint density at radius 3 is 2.41 bits per heavy atom. The third-order valence-electron chi connectivity index (χ3n) is 3.13. The summed E-state index contributed by atoms with van der Waals surface area (Å²) < 4.78 is 40.2. The van der Waals surface area contributed by atoms with Gasteiger partial charge < -0.3 is 25.8 Å². The van der Waals surface area contributed by atoms with E-state index >= 15 is 0 Å². The van der Waals surface area contributed by atoms with Crippen LogP contribution in [0.25, 0.3) is 0 Å². The second kappa shape index (κ2) is 9.43. The number of carboxylic acid groups (broad SMARTS) is 1. The molecule has 0 atom stereocenters. The number of rotatable bonds is 7. The minimum atomic E-state index is -4.80. The fourth-order valence-electron chi connectivity index (χ4n) is 2.08. The highest BCUT2D eigenvalue weighted by molar-refractivity contribution is 5.98. The molecule has 29 heavy (non-hydrogen) atoms. The van der Waals surface area contributed by atoms with Crippen LogP contribution in [0.15, 0.2) is 30.3 Å². The average Bonchev–Trinajstić information content (AvgIpc) is 2.58. The molecule has 1 heterocycles. The lowest BCUT2D eigenvalue weighted by molar-refractivity contribution is -0.274. The Hall–Kier alpha value is -3.77. The lowest BCUT2D eigenvalue weighted by atomic mass is 10.3. The van der Waals surface area contributed by atoms with Crippen LogP contribution in [-0.2, 0) is 0 Å². The van der Waals surface area contributed by atoms with Crippen LogP contribution in [0.3, 0.4) is 0 Å². The van der Waals surface area contributed by atoms with Crippen LogP contribution in [0.1, 0.15) is 5.69 Å². The molecule has 10 nitrogen and oxygen atoms in total. The van der Waals surface area contributed by atoms with Gasteiger partial charge in [0.2, 0.25) is 5.95 Å². The summed E-state index contributed by atoms with van der Waals surface area (Å²) in [5, 5.41) is 18.4. The molecule has 0 spiro atoms. The van der Waals surface area contributed by atoms with Crippen LogP contribution in [0, 0.1) is 6.92 Å². The minimum Gasteiger partial charge on any atom is -0.465 e. The topological polar surface area (TPSA) is 138 Å². The highest BCUT2D eigenvalue weighted by atomic mass is 19.4. The molecule has 5 N–H and O–H groups in total. The van der Waals surface area contributed by atoms with Crippen LogP contribution in [0.2, 0.25) is 0 Å². The average molecular weight is 414 g/mol. The Bertz CT molecular complexity index is 861. The zero-order valence-electron chi connectivity index (χ0n) is 15.0. The first-order valence-electron chi connectivity index (χ1n) is 8.11. The first-order chi connectivity index (χ1) is 13.6. The number of ether oxygens (including phenoxy) is 1. The van der Waals surface area contributed by atoms with E-state index in [1.54, 1.807) is 13.0 Å². The van der Waals surface area contributed by atoms with Crippen LogP contribution in [0.4, 0.5) is 40.2 Å². The number of aryl methyl sites for hydroxylation is 1. The van der Waals surface area contributed by atoms with E-state index in [0.29, 0.717) is 11.5 Å². The molecule has 0 fully saturated rings. The number of hydrogen-bond donors (Lipinski definition) is 5. The quantitative estimate of drug-likeness (QED) is 0.439. The fourth-order valence-corrected chi connectivity index (χ4v) is 2.08. The predicted octanol–water partition coefficient (Wildman–Crippen LogP) is 3.01. The molecule has 0 saturated heterocycles. The molecule has 0 bridgehead atoms. The van der Waals surface area contributed by atoms with E-state index in [2.05, 4.69) is 36.0 Å². The molecule has 0 aliphatic heterocycles. The molecule has 0 aliphatic rings. The van der Waals surface area contributed by atoms with Gasteiger partial charge in [-0.2, -0.15) is 4.98 Å². The highest BCUT2D eigenvalue weighted by Crippen LogP contribution is 2.24. The first-order valence-corrected chi connectivity index (χ1v) is 8.11. The van der Waals surface area contributed by atoms with Gasteiger partial charge in [0.25, 0.3) is 0 Å². The summed E-state index contributed by atoms with van der Waals surface area (Å²) in [6, 6.07) is 5.47. The Labute approximate surface area is 162 Å². The van der Waals surface area contributed by atoms with Crippen molar-refractivity contribution >= 4 is 29.6 Å². The number of carbonyl (C=O) groups is 2. The van der Waals surface area contributed by atoms with E-state index in [1.807, 2.05) is 0 Å². The van der Waals surface area contributed by atoms with Gasteiger partial charge in [-0.3, -0.25) is 5.32 Å². The Kier molecular flexibility index (Phi) is 7.00. The molecule has 156 valence electrons. The van der Waals surface area contributed by atoms with E-state index in [1.165, 1.54) is 12.1 Å². The molecule has 0 aliphatic carbocycles. The molecule has 0 unspecified atom stereocenters. The zero-order valence-corrected chi connectivity index (χ0v) is 15.0. The third-order valence-corrected chi connectivity index (χ3v) is 3.13. The van der Waals surface area contributed by atoms with Gasteiger partial charge in [0, 0.05) is 30.5 Å². The number of alkyl halides is 3. The molecule has 0 saturated carbocycles. The molecular formula is C16H17F3N6O4. The summed E-state index contributed by atoms with van der Waals surface area (Å²) in [7, 11) is 0. The number of anilines is 3. The largest absolute Gasteiger partial charge is 0.573 e. The third kappa shape index (κ3) is 8.19. The predicted molar refractivity (Wildman–Crippen MR) is 97.1 cm³/mol. The van der Waals surface area contributed by atoms with Gasteiger partial charge in [0.05, 0.1) is 0 Å². The number of aromatic nitrogens is 2. The number of urea groups is 1. The first kappa shape index (κ1) is 21.5. The van der Waals surface area contributed by atoms with E-state index in [4.69, 9.17) is 5.11 Å². The highest BCUT2D eigenvalue weighted by Gasteiger charge is 2.30. The van der Waals surface area contributed by atoms with E-state index < -0.39 is 24.2 Å². The number of amides is 3. The molecule has 1 aromatic carbocycles. The van der Waals surface area contributed by atoms with Crippen molar-refractivity contribution < 1.29 is 32.6 Å². The van der Waals surface area contributed by atoms with Crippen LogP contribution in [0.5, 0.6) is 5.75 Å². The van der Waals surface area contributed by atoms with E-state index in [9.17, 15) is 22.8 Å². The van der Waals surface area contributed by atoms with Gasteiger partial charge in [-0.05, 0) is 31.2 Å². The maximum absolute atomic E-state index is 12.1. The minimum absolute atomic E-state index is 0.0202. The van der Waals surface area contributed by atoms with E-state index in [0.717, 1.165) is 12.1 Å². The fraction of sp³-hybridized carbons (Fsp3) is 0.250. The zero-order chi connectivity index (χ0) is 21.4. The van der Waals surface area contributed by atoms with E-state index in [-0.39, 0.29) is 24.7 Å². The number of nitrogens with zero attached hydrogens (tertiary/aromatic N) is 2. The van der Waals surface area contributed by atoms with Crippen molar-refractivity contribution in [1.29, 1.82) is 0 Å². The SMILES string of the molecule is Cc1cc(NCCNC(=O)O)nc(NC(=O)Nc2ccc(OC(F)(F)F)cc2)n1. The van der Waals surface area contributed by atoms with Crippen LogP contribution >= 0.6 is 0 Å². The molecule has 3 amide bonds. The lowest BCUT2D eigenvalue weighted by Crippen LogP contribution is -2.27. The monoisotopic (exact) mass is 414 g/mol. The Balaban J connectivity index is 1.92. The summed E-state index contributed by atoms with van der Waals surface area (Å²) in [6.07, 6.45) is -5.95. The van der Waals surface area contributed by atoms with Gasteiger partial charge in [-0.15, -0.1) is 13.2 Å². The van der Waals surface area contributed by atoms with Gasteiger partial charge in [0.15, 0.2) is 0 Å². The number of hydrogen-bond acceptors (Lipinski definition) is 6. The Morgan fingerprint density at radius 1 is 1.10 bits per heavy atom. The summed E-state index contributed by atoms with van der Waals surface area (Å²) in [4.78, 5) is 30.6. The number of benzene rings is 1. The summed E-state index contributed by atoms with van der Waals surface area (Å²) in [5.41, 5.74) is 0.764. The normalized spacial score (nSPS) is 10.8. The van der Waals surface area contributed by atoms with Crippen LogP contribution in [-0.4, -0.2) is 46.7 Å². The molecule has 0 radical (unpaired) electrons. The van der Waals surface area contributed by atoms with Crippen molar-refractivity contribution in [3.63, 3.8) is 0 Å². The van der Waals surface area contributed by atoms with Gasteiger partial charge in [-0.1, -0.05) is 0 Å². The molecule has 1 aromatic heterocycles. The van der Waals surface area contributed by atoms with Crippen molar-refractivity contribution in [2.75, 3.05) is 29.0 Å². The summed E-state index contributed by atoms with van der Waals surface area (Å²) in [5.74, 6) is -0.0690. The number of nitrogens with one attached hydrogen (secondary N) is 4. The maximum Gasteiger partial charge on any atom is 0.573 e. The van der Waals surface area contributed by atoms with Gasteiger partial charge >= 0.3 is 18.5 Å². The molecule has 2 rings (SSSR count). The number of carbonyl (C=O) groups excluding carboxylic acids is 1. The lowest BCUT2D eigenvalue weighted by Gasteiger charge is -2.11. The molecule has 2 aromatic rings. The van der Waals surface area contributed by atoms with Crippen molar-refractivity contribution in [2.45, 2.75) is 13.3 Å². The second-order valence-electron chi connectivity index (χ2n) is 5.53. The smallest absolute Gasteiger partial charge is 0.465 e. The Morgan fingerprint density at radius 2 is 1.79 bits per heavy atom.